The Bertz CT molecular complexity index is 562. The first-order chi connectivity index (χ1) is 10.4. The average molecular weight is 302 g/mol. The van der Waals surface area contributed by atoms with E-state index in [9.17, 15) is 14.7 Å². The second-order valence-electron chi connectivity index (χ2n) is 5.81. The molecule has 1 fully saturated rings. The standard InChI is InChI=1S/C17H22N2O3/c1-3-15(20)19-14-7-5-13(6-8-14)11-16(21)18-12(2)17(22)9-4-10-17/h3,5-8,12,22H,1,4,9-11H2,2H3,(H,18,21)(H,19,20). The highest BCUT2D eigenvalue weighted by Crippen LogP contribution is 2.34. The summed E-state index contributed by atoms with van der Waals surface area (Å²) in [6.07, 6.45) is 3.94. The van der Waals surface area contributed by atoms with Crippen molar-refractivity contribution in [2.75, 3.05) is 5.32 Å². The van der Waals surface area contributed by atoms with Gasteiger partial charge in [0.2, 0.25) is 11.8 Å². The van der Waals surface area contributed by atoms with Crippen molar-refractivity contribution in [2.24, 2.45) is 0 Å². The zero-order valence-electron chi connectivity index (χ0n) is 12.8. The van der Waals surface area contributed by atoms with Gasteiger partial charge in [-0.3, -0.25) is 9.59 Å². The number of carbonyl (C=O) groups is 2. The maximum Gasteiger partial charge on any atom is 0.247 e. The van der Waals surface area contributed by atoms with Gasteiger partial charge in [0.05, 0.1) is 18.1 Å². The highest BCUT2D eigenvalue weighted by atomic mass is 16.3. The first-order valence-electron chi connectivity index (χ1n) is 7.47. The van der Waals surface area contributed by atoms with Gasteiger partial charge in [0.1, 0.15) is 0 Å². The number of amides is 2. The number of rotatable bonds is 6. The maximum atomic E-state index is 12.0. The van der Waals surface area contributed by atoms with Crippen LogP contribution in [0.5, 0.6) is 0 Å². The molecule has 3 N–H and O–H groups in total. The van der Waals surface area contributed by atoms with Gasteiger partial charge in [-0.25, -0.2) is 0 Å². The summed E-state index contributed by atoms with van der Waals surface area (Å²) in [6.45, 7) is 5.23. The fraction of sp³-hybridized carbons (Fsp3) is 0.412. The van der Waals surface area contributed by atoms with E-state index in [-0.39, 0.29) is 24.3 Å². The van der Waals surface area contributed by atoms with Crippen molar-refractivity contribution in [3.8, 4) is 0 Å². The molecule has 22 heavy (non-hydrogen) atoms. The molecule has 1 aliphatic rings. The Morgan fingerprint density at radius 1 is 1.36 bits per heavy atom. The Balaban J connectivity index is 1.86. The van der Waals surface area contributed by atoms with Crippen molar-refractivity contribution in [3.05, 3.63) is 42.5 Å². The predicted molar refractivity (Wildman–Crippen MR) is 85.4 cm³/mol. The van der Waals surface area contributed by atoms with Gasteiger partial charge >= 0.3 is 0 Å². The van der Waals surface area contributed by atoms with E-state index in [0.717, 1.165) is 24.8 Å². The van der Waals surface area contributed by atoms with Crippen molar-refractivity contribution >= 4 is 17.5 Å². The number of hydrogen-bond acceptors (Lipinski definition) is 3. The third-order valence-corrected chi connectivity index (χ3v) is 4.17. The molecule has 1 atom stereocenters. The van der Waals surface area contributed by atoms with Crippen LogP contribution in [0.15, 0.2) is 36.9 Å². The zero-order valence-corrected chi connectivity index (χ0v) is 12.8. The summed E-state index contributed by atoms with van der Waals surface area (Å²) < 4.78 is 0. The minimum Gasteiger partial charge on any atom is -0.388 e. The van der Waals surface area contributed by atoms with E-state index in [2.05, 4.69) is 17.2 Å². The minimum absolute atomic E-state index is 0.115. The van der Waals surface area contributed by atoms with E-state index in [1.807, 2.05) is 6.92 Å². The second kappa shape index (κ2) is 6.75. The van der Waals surface area contributed by atoms with Gasteiger partial charge in [-0.2, -0.15) is 0 Å². The molecular weight excluding hydrogens is 280 g/mol. The van der Waals surface area contributed by atoms with Crippen molar-refractivity contribution < 1.29 is 14.7 Å². The molecule has 1 aromatic rings. The normalized spacial score (nSPS) is 17.0. The average Bonchev–Trinajstić information content (AvgIpc) is 2.46. The van der Waals surface area contributed by atoms with Crippen LogP contribution in [0.4, 0.5) is 5.69 Å². The molecule has 0 aliphatic heterocycles. The molecule has 5 heteroatoms. The molecule has 5 nitrogen and oxygen atoms in total. The van der Waals surface area contributed by atoms with Crippen molar-refractivity contribution in [1.82, 2.24) is 5.32 Å². The Kier molecular flexibility index (Phi) is 4.98. The molecule has 0 bridgehead atoms. The van der Waals surface area contributed by atoms with E-state index in [1.54, 1.807) is 24.3 Å². The van der Waals surface area contributed by atoms with Crippen LogP contribution in [0.25, 0.3) is 0 Å². The Morgan fingerprint density at radius 3 is 2.50 bits per heavy atom. The van der Waals surface area contributed by atoms with Gasteiger partial charge in [0.15, 0.2) is 0 Å². The topological polar surface area (TPSA) is 78.4 Å². The molecular formula is C17H22N2O3. The molecule has 0 radical (unpaired) electrons. The lowest BCUT2D eigenvalue weighted by Gasteiger charge is -2.41. The van der Waals surface area contributed by atoms with Crippen LogP contribution in [-0.4, -0.2) is 28.6 Å². The van der Waals surface area contributed by atoms with Crippen LogP contribution >= 0.6 is 0 Å². The highest BCUT2D eigenvalue weighted by Gasteiger charge is 2.40. The summed E-state index contributed by atoms with van der Waals surface area (Å²) in [4.78, 5) is 23.2. The monoisotopic (exact) mass is 302 g/mol. The fourth-order valence-corrected chi connectivity index (χ4v) is 2.48. The summed E-state index contributed by atoms with van der Waals surface area (Å²) >= 11 is 0. The molecule has 0 spiro atoms. The molecule has 1 unspecified atom stereocenters. The third kappa shape index (κ3) is 3.95. The Labute approximate surface area is 130 Å². The molecule has 118 valence electrons. The maximum absolute atomic E-state index is 12.0. The Morgan fingerprint density at radius 2 is 2.00 bits per heavy atom. The van der Waals surface area contributed by atoms with Crippen LogP contribution in [-0.2, 0) is 16.0 Å². The van der Waals surface area contributed by atoms with Gasteiger partial charge in [0, 0.05) is 5.69 Å². The number of nitrogens with one attached hydrogen (secondary N) is 2. The van der Waals surface area contributed by atoms with E-state index >= 15 is 0 Å². The van der Waals surface area contributed by atoms with Crippen LogP contribution in [0.3, 0.4) is 0 Å². The molecule has 1 aliphatic carbocycles. The van der Waals surface area contributed by atoms with Gasteiger partial charge < -0.3 is 15.7 Å². The van der Waals surface area contributed by atoms with Gasteiger partial charge in [-0.05, 0) is 50.0 Å². The fourth-order valence-electron chi connectivity index (χ4n) is 2.48. The second-order valence-corrected chi connectivity index (χ2v) is 5.81. The molecule has 1 saturated carbocycles. The third-order valence-electron chi connectivity index (χ3n) is 4.17. The Hall–Kier alpha value is -2.14. The summed E-state index contributed by atoms with van der Waals surface area (Å²) in [6, 6.07) is 6.84. The molecule has 0 saturated heterocycles. The minimum atomic E-state index is -0.742. The highest BCUT2D eigenvalue weighted by molar-refractivity contribution is 5.98. The summed E-state index contributed by atoms with van der Waals surface area (Å²) in [5, 5.41) is 15.7. The van der Waals surface area contributed by atoms with E-state index in [0.29, 0.717) is 5.69 Å². The van der Waals surface area contributed by atoms with Gasteiger partial charge in [0.25, 0.3) is 0 Å². The lowest BCUT2D eigenvalue weighted by atomic mass is 9.75. The molecule has 2 rings (SSSR count). The summed E-state index contributed by atoms with van der Waals surface area (Å²) in [5.41, 5.74) is 0.766. The molecule has 2 amide bonds. The van der Waals surface area contributed by atoms with E-state index in [4.69, 9.17) is 0 Å². The summed E-state index contributed by atoms with van der Waals surface area (Å²) in [7, 11) is 0. The lowest BCUT2D eigenvalue weighted by Crippen LogP contribution is -2.55. The van der Waals surface area contributed by atoms with Crippen molar-refractivity contribution in [3.63, 3.8) is 0 Å². The van der Waals surface area contributed by atoms with E-state index in [1.165, 1.54) is 6.08 Å². The van der Waals surface area contributed by atoms with Crippen molar-refractivity contribution in [1.29, 1.82) is 0 Å². The van der Waals surface area contributed by atoms with Crippen LogP contribution < -0.4 is 10.6 Å². The zero-order chi connectivity index (χ0) is 16.2. The number of hydrogen-bond donors (Lipinski definition) is 3. The quantitative estimate of drug-likeness (QED) is 0.701. The number of anilines is 1. The number of carbonyl (C=O) groups excluding carboxylic acids is 2. The molecule has 1 aromatic carbocycles. The predicted octanol–water partition coefficient (Wildman–Crippen LogP) is 1.77. The first-order valence-corrected chi connectivity index (χ1v) is 7.47. The molecule has 0 aromatic heterocycles. The lowest BCUT2D eigenvalue weighted by molar-refractivity contribution is -0.125. The first kappa shape index (κ1) is 16.2. The van der Waals surface area contributed by atoms with Crippen LogP contribution in [0, 0.1) is 0 Å². The number of benzene rings is 1. The van der Waals surface area contributed by atoms with Crippen molar-refractivity contribution in [2.45, 2.75) is 44.2 Å². The number of aliphatic hydroxyl groups is 1. The molecule has 0 heterocycles. The largest absolute Gasteiger partial charge is 0.388 e. The van der Waals surface area contributed by atoms with Gasteiger partial charge in [-0.1, -0.05) is 18.7 Å². The summed E-state index contributed by atoms with van der Waals surface area (Å²) in [5.74, 6) is -0.385. The van der Waals surface area contributed by atoms with Gasteiger partial charge in [-0.15, -0.1) is 0 Å². The SMILES string of the molecule is C=CC(=O)Nc1ccc(CC(=O)NC(C)C2(O)CCC2)cc1. The van der Waals surface area contributed by atoms with Crippen LogP contribution in [0.2, 0.25) is 0 Å². The van der Waals surface area contributed by atoms with E-state index < -0.39 is 5.60 Å². The smallest absolute Gasteiger partial charge is 0.247 e. The van der Waals surface area contributed by atoms with Crippen LogP contribution in [0.1, 0.15) is 31.7 Å².